The summed E-state index contributed by atoms with van der Waals surface area (Å²) in [7, 11) is 0. The highest BCUT2D eigenvalue weighted by Gasteiger charge is 1.99. The van der Waals surface area contributed by atoms with Gasteiger partial charge in [-0.1, -0.05) is 12.1 Å². The molecular weight excluding hydrogens is 227 g/mol. The molecule has 2 nitrogen and oxygen atoms in total. The van der Waals surface area contributed by atoms with E-state index in [0.717, 1.165) is 36.3 Å². The third kappa shape index (κ3) is 3.64. The Morgan fingerprint density at radius 2 is 2.11 bits per heavy atom. The zero-order valence-electron chi connectivity index (χ0n) is 10.5. The van der Waals surface area contributed by atoms with Gasteiger partial charge in [0.2, 0.25) is 0 Å². The molecule has 0 spiro atoms. The van der Waals surface area contributed by atoms with E-state index in [1.54, 1.807) is 12.3 Å². The summed E-state index contributed by atoms with van der Waals surface area (Å²) in [6.45, 7) is 3.56. The number of halogens is 1. The van der Waals surface area contributed by atoms with Crippen molar-refractivity contribution in [1.29, 1.82) is 0 Å². The number of benzene rings is 1. The average molecular weight is 244 g/mol. The molecule has 0 aliphatic rings. The van der Waals surface area contributed by atoms with Gasteiger partial charge in [0, 0.05) is 31.4 Å². The molecule has 2 rings (SSSR count). The second kappa shape index (κ2) is 6.26. The number of aromatic nitrogens is 1. The van der Waals surface area contributed by atoms with Crippen LogP contribution in [0.2, 0.25) is 0 Å². The Hall–Kier alpha value is -1.74. The van der Waals surface area contributed by atoms with Gasteiger partial charge in [0.25, 0.3) is 0 Å². The predicted molar refractivity (Wildman–Crippen MR) is 70.8 cm³/mol. The van der Waals surface area contributed by atoms with E-state index in [9.17, 15) is 4.39 Å². The lowest BCUT2D eigenvalue weighted by atomic mass is 10.1. The highest BCUT2D eigenvalue weighted by Crippen LogP contribution is 2.09. The van der Waals surface area contributed by atoms with Crippen LogP contribution in [0.25, 0.3) is 0 Å². The van der Waals surface area contributed by atoms with Crippen LogP contribution >= 0.6 is 0 Å². The maximum absolute atomic E-state index is 12.9. The Labute approximate surface area is 107 Å². The van der Waals surface area contributed by atoms with E-state index in [1.807, 2.05) is 31.2 Å². The van der Waals surface area contributed by atoms with Gasteiger partial charge in [-0.3, -0.25) is 4.98 Å². The lowest BCUT2D eigenvalue weighted by Gasteiger charge is -2.07. The summed E-state index contributed by atoms with van der Waals surface area (Å²) in [4.78, 5) is 4.26. The fourth-order valence-electron chi connectivity index (χ4n) is 1.84. The maximum Gasteiger partial charge on any atom is 0.123 e. The topological polar surface area (TPSA) is 24.9 Å². The fraction of sp³-hybridized carbons (Fsp3) is 0.267. The molecule has 1 heterocycles. The first-order valence-corrected chi connectivity index (χ1v) is 6.11. The van der Waals surface area contributed by atoms with Gasteiger partial charge in [0.15, 0.2) is 0 Å². The molecule has 1 N–H and O–H groups in total. The van der Waals surface area contributed by atoms with Crippen molar-refractivity contribution >= 4 is 0 Å². The molecule has 94 valence electrons. The van der Waals surface area contributed by atoms with Crippen molar-refractivity contribution in [3.05, 3.63) is 65.2 Å². The zero-order valence-corrected chi connectivity index (χ0v) is 10.5. The molecule has 3 heteroatoms. The number of pyridine rings is 1. The summed E-state index contributed by atoms with van der Waals surface area (Å²) in [5.41, 5.74) is 3.21. The van der Waals surface area contributed by atoms with Gasteiger partial charge in [0.1, 0.15) is 5.82 Å². The molecule has 0 aliphatic carbocycles. The average Bonchev–Trinajstić information content (AvgIpc) is 2.38. The van der Waals surface area contributed by atoms with Gasteiger partial charge in [-0.2, -0.15) is 0 Å². The molecule has 0 bridgehead atoms. The van der Waals surface area contributed by atoms with Crippen molar-refractivity contribution in [3.63, 3.8) is 0 Å². The molecule has 18 heavy (non-hydrogen) atoms. The monoisotopic (exact) mass is 244 g/mol. The summed E-state index contributed by atoms with van der Waals surface area (Å²) in [5.74, 6) is -0.176. The van der Waals surface area contributed by atoms with E-state index in [0.29, 0.717) is 0 Å². The zero-order chi connectivity index (χ0) is 12.8. The molecule has 0 saturated carbocycles. The highest BCUT2D eigenvalue weighted by atomic mass is 19.1. The van der Waals surface area contributed by atoms with E-state index in [4.69, 9.17) is 0 Å². The second-order valence-electron chi connectivity index (χ2n) is 4.32. The lowest BCUT2D eigenvalue weighted by molar-refractivity contribution is 0.622. The molecule has 1 aromatic heterocycles. The van der Waals surface area contributed by atoms with Gasteiger partial charge in [0.05, 0.1) is 0 Å². The van der Waals surface area contributed by atoms with Crippen molar-refractivity contribution in [1.82, 2.24) is 10.3 Å². The Bertz CT molecular complexity index is 497. The molecule has 2 aromatic rings. The fourth-order valence-corrected chi connectivity index (χ4v) is 1.84. The number of hydrogen-bond donors (Lipinski definition) is 1. The number of hydrogen-bond acceptors (Lipinski definition) is 2. The van der Waals surface area contributed by atoms with Gasteiger partial charge in [-0.25, -0.2) is 4.39 Å². The Morgan fingerprint density at radius 3 is 2.83 bits per heavy atom. The van der Waals surface area contributed by atoms with Crippen LogP contribution in [-0.2, 0) is 13.0 Å². The van der Waals surface area contributed by atoms with Crippen molar-refractivity contribution in [3.8, 4) is 0 Å². The van der Waals surface area contributed by atoms with Crippen LogP contribution in [0.1, 0.15) is 16.8 Å². The lowest BCUT2D eigenvalue weighted by Crippen LogP contribution is -2.17. The summed E-state index contributed by atoms with van der Waals surface area (Å²) in [6.07, 6.45) is 2.71. The predicted octanol–water partition coefficient (Wildman–Crippen LogP) is 2.86. The highest BCUT2D eigenvalue weighted by molar-refractivity contribution is 5.26. The first-order valence-electron chi connectivity index (χ1n) is 6.11. The minimum atomic E-state index is -0.176. The van der Waals surface area contributed by atoms with Gasteiger partial charge in [-0.15, -0.1) is 0 Å². The quantitative estimate of drug-likeness (QED) is 0.818. The van der Waals surface area contributed by atoms with Crippen LogP contribution in [0.15, 0.2) is 42.6 Å². The van der Waals surface area contributed by atoms with Crippen molar-refractivity contribution in [2.24, 2.45) is 0 Å². The molecule has 0 unspecified atom stereocenters. The normalized spacial score (nSPS) is 10.6. The molecule has 0 atom stereocenters. The van der Waals surface area contributed by atoms with E-state index in [1.165, 1.54) is 6.07 Å². The van der Waals surface area contributed by atoms with Crippen LogP contribution in [0, 0.1) is 12.7 Å². The van der Waals surface area contributed by atoms with E-state index in [2.05, 4.69) is 10.3 Å². The van der Waals surface area contributed by atoms with Crippen molar-refractivity contribution < 1.29 is 4.39 Å². The van der Waals surface area contributed by atoms with Crippen molar-refractivity contribution in [2.75, 3.05) is 6.54 Å². The molecule has 1 aromatic carbocycles. The van der Waals surface area contributed by atoms with Crippen LogP contribution in [0.3, 0.4) is 0 Å². The SMILES string of the molecule is Cc1cc(F)ccc1CNCCc1ccccn1. The summed E-state index contributed by atoms with van der Waals surface area (Å²) < 4.78 is 12.9. The van der Waals surface area contributed by atoms with Gasteiger partial charge < -0.3 is 5.32 Å². The summed E-state index contributed by atoms with van der Waals surface area (Å²) in [6, 6.07) is 10.8. The second-order valence-corrected chi connectivity index (χ2v) is 4.32. The molecule has 0 aliphatic heterocycles. The van der Waals surface area contributed by atoms with E-state index >= 15 is 0 Å². The smallest absolute Gasteiger partial charge is 0.123 e. The standard InChI is InChI=1S/C15H17FN2/c1-12-10-14(16)6-5-13(12)11-17-9-7-15-4-2-3-8-18-15/h2-6,8,10,17H,7,9,11H2,1H3. The first kappa shape index (κ1) is 12.7. The van der Waals surface area contributed by atoms with Crippen LogP contribution < -0.4 is 5.32 Å². The molecule has 0 amide bonds. The summed E-state index contributed by atoms with van der Waals surface area (Å²) >= 11 is 0. The third-order valence-electron chi connectivity index (χ3n) is 2.90. The minimum absolute atomic E-state index is 0.176. The van der Waals surface area contributed by atoms with Crippen LogP contribution in [0.5, 0.6) is 0 Å². The molecule has 0 fully saturated rings. The van der Waals surface area contributed by atoms with E-state index < -0.39 is 0 Å². The number of aryl methyl sites for hydroxylation is 1. The van der Waals surface area contributed by atoms with Crippen molar-refractivity contribution in [2.45, 2.75) is 19.9 Å². The Morgan fingerprint density at radius 1 is 1.22 bits per heavy atom. The minimum Gasteiger partial charge on any atom is -0.312 e. The first-order chi connectivity index (χ1) is 8.75. The van der Waals surface area contributed by atoms with E-state index in [-0.39, 0.29) is 5.82 Å². The van der Waals surface area contributed by atoms with Gasteiger partial charge >= 0.3 is 0 Å². The van der Waals surface area contributed by atoms with Crippen LogP contribution in [-0.4, -0.2) is 11.5 Å². The Kier molecular flexibility index (Phi) is 4.42. The number of nitrogens with one attached hydrogen (secondary N) is 1. The summed E-state index contributed by atoms with van der Waals surface area (Å²) in [5, 5.41) is 3.35. The van der Waals surface area contributed by atoms with Gasteiger partial charge in [-0.05, 0) is 42.3 Å². The third-order valence-corrected chi connectivity index (χ3v) is 2.90. The largest absolute Gasteiger partial charge is 0.312 e. The maximum atomic E-state index is 12.9. The number of nitrogens with zero attached hydrogens (tertiary/aromatic N) is 1. The number of rotatable bonds is 5. The van der Waals surface area contributed by atoms with Crippen LogP contribution in [0.4, 0.5) is 4.39 Å². The molecule has 0 saturated heterocycles. The molecule has 0 radical (unpaired) electrons. The molecular formula is C15H17FN2. The Balaban J connectivity index is 1.79.